The molecule has 1 aliphatic heterocycles. The summed E-state index contributed by atoms with van der Waals surface area (Å²) in [6, 6.07) is 7.71. The lowest BCUT2D eigenvalue weighted by Gasteiger charge is -2.22. The first-order chi connectivity index (χ1) is 10.7. The van der Waals surface area contributed by atoms with Crippen molar-refractivity contribution in [1.82, 2.24) is 10.2 Å². The second-order valence-corrected chi connectivity index (χ2v) is 5.47. The van der Waals surface area contributed by atoms with Crippen LogP contribution in [0.15, 0.2) is 29.3 Å². The highest BCUT2D eigenvalue weighted by Crippen LogP contribution is 2.26. The topological polar surface area (TPSA) is 46.1 Å². The number of para-hydroxylation sites is 2. The van der Waals surface area contributed by atoms with E-state index in [0.29, 0.717) is 6.54 Å². The summed E-state index contributed by atoms with van der Waals surface area (Å²) in [5.41, 5.74) is 0. The molecule has 1 aromatic rings. The summed E-state index contributed by atoms with van der Waals surface area (Å²) in [6.07, 6.45) is 2.49. The van der Waals surface area contributed by atoms with Crippen LogP contribution in [0.4, 0.5) is 0 Å². The van der Waals surface area contributed by atoms with Gasteiger partial charge in [-0.3, -0.25) is 0 Å². The van der Waals surface area contributed by atoms with Crippen molar-refractivity contribution in [3.8, 4) is 11.5 Å². The monoisotopic (exact) mass is 433 g/mol. The Labute approximate surface area is 156 Å². The van der Waals surface area contributed by atoms with Crippen LogP contribution in [0.2, 0.25) is 0 Å². The third kappa shape index (κ3) is 6.08. The molecule has 0 aromatic heterocycles. The average Bonchev–Trinajstić information content (AvgIpc) is 3.06. The largest absolute Gasteiger partial charge is 0.493 e. The zero-order valence-corrected chi connectivity index (χ0v) is 16.6. The first-order valence-corrected chi connectivity index (χ1v) is 8.07. The molecular weight excluding hydrogens is 405 g/mol. The van der Waals surface area contributed by atoms with Gasteiger partial charge in [-0.15, -0.1) is 24.0 Å². The fourth-order valence-electron chi connectivity index (χ4n) is 2.54. The lowest BCUT2D eigenvalue weighted by atomic mass is 10.3. The van der Waals surface area contributed by atoms with Gasteiger partial charge in [0, 0.05) is 19.6 Å². The van der Waals surface area contributed by atoms with Gasteiger partial charge in [0.05, 0.1) is 13.7 Å². The van der Waals surface area contributed by atoms with Crippen LogP contribution in [0.5, 0.6) is 11.5 Å². The molecule has 1 aromatic carbocycles. The van der Waals surface area contributed by atoms with Gasteiger partial charge in [0.1, 0.15) is 6.10 Å². The minimum atomic E-state index is -0.00689. The Balaban J connectivity index is 0.00000264. The van der Waals surface area contributed by atoms with Crippen molar-refractivity contribution >= 4 is 29.9 Å². The number of hydrogen-bond acceptors (Lipinski definition) is 3. The molecular formula is C17H28IN3O2. The molecule has 6 heteroatoms. The van der Waals surface area contributed by atoms with E-state index in [9.17, 15) is 0 Å². The van der Waals surface area contributed by atoms with E-state index in [0.717, 1.165) is 37.1 Å². The number of ether oxygens (including phenoxy) is 2. The molecule has 1 N–H and O–H groups in total. The summed E-state index contributed by atoms with van der Waals surface area (Å²) < 4.78 is 11.3. The summed E-state index contributed by atoms with van der Waals surface area (Å²) in [4.78, 5) is 7.03. The van der Waals surface area contributed by atoms with Crippen LogP contribution < -0.4 is 14.8 Å². The molecule has 5 nitrogen and oxygen atoms in total. The molecule has 0 bridgehead atoms. The second-order valence-electron chi connectivity index (χ2n) is 5.47. The third-order valence-corrected chi connectivity index (χ3v) is 3.64. The Morgan fingerprint density at radius 1 is 1.26 bits per heavy atom. The van der Waals surface area contributed by atoms with Gasteiger partial charge in [0.25, 0.3) is 0 Å². The van der Waals surface area contributed by atoms with Crippen molar-refractivity contribution in [3.05, 3.63) is 24.3 Å². The molecule has 1 fully saturated rings. The maximum atomic E-state index is 5.95. The molecule has 130 valence electrons. The van der Waals surface area contributed by atoms with Gasteiger partial charge in [-0.1, -0.05) is 12.1 Å². The number of guanidine groups is 1. The van der Waals surface area contributed by atoms with E-state index < -0.39 is 0 Å². The average molecular weight is 433 g/mol. The number of halogens is 1. The minimum absolute atomic E-state index is 0. The van der Waals surface area contributed by atoms with Crippen molar-refractivity contribution in [2.24, 2.45) is 4.99 Å². The van der Waals surface area contributed by atoms with Gasteiger partial charge in [-0.05, 0) is 38.8 Å². The van der Waals surface area contributed by atoms with Crippen LogP contribution in [0.25, 0.3) is 0 Å². The van der Waals surface area contributed by atoms with Crippen molar-refractivity contribution in [2.45, 2.75) is 32.8 Å². The predicted molar refractivity (Wildman–Crippen MR) is 105 cm³/mol. The maximum Gasteiger partial charge on any atom is 0.194 e. The molecule has 0 aliphatic carbocycles. The lowest BCUT2D eigenvalue weighted by Crippen LogP contribution is -2.40. The summed E-state index contributed by atoms with van der Waals surface area (Å²) >= 11 is 0. The number of rotatable bonds is 6. The van der Waals surface area contributed by atoms with E-state index in [1.54, 1.807) is 7.11 Å². The number of likely N-dealkylation sites (tertiary alicyclic amines) is 1. The molecule has 1 atom stereocenters. The standard InChI is InChI=1S/C17H27N3O2.HI/c1-4-18-17(20-11-7-8-12-20)19-13-14(2)22-16-10-6-5-9-15(16)21-3;/h5-6,9-10,14H,4,7-8,11-13H2,1-3H3,(H,18,19);1H. The highest BCUT2D eigenvalue weighted by atomic mass is 127. The van der Waals surface area contributed by atoms with E-state index in [2.05, 4.69) is 17.1 Å². The highest BCUT2D eigenvalue weighted by Gasteiger charge is 2.16. The van der Waals surface area contributed by atoms with Crippen molar-refractivity contribution in [1.29, 1.82) is 0 Å². The van der Waals surface area contributed by atoms with Gasteiger partial charge < -0.3 is 19.7 Å². The van der Waals surface area contributed by atoms with Crippen LogP contribution in [0.1, 0.15) is 26.7 Å². The zero-order chi connectivity index (χ0) is 15.8. The van der Waals surface area contributed by atoms with E-state index in [4.69, 9.17) is 14.5 Å². The van der Waals surface area contributed by atoms with Gasteiger partial charge >= 0.3 is 0 Å². The molecule has 0 radical (unpaired) electrons. The fraction of sp³-hybridized carbons (Fsp3) is 0.588. The van der Waals surface area contributed by atoms with Gasteiger partial charge in [-0.2, -0.15) is 0 Å². The number of nitrogens with one attached hydrogen (secondary N) is 1. The second kappa shape index (κ2) is 10.6. The first kappa shape index (κ1) is 19.9. The molecule has 0 saturated carbocycles. The first-order valence-electron chi connectivity index (χ1n) is 8.07. The smallest absolute Gasteiger partial charge is 0.194 e. The van der Waals surface area contributed by atoms with Gasteiger partial charge in [0.15, 0.2) is 17.5 Å². The molecule has 1 aliphatic rings. The van der Waals surface area contributed by atoms with Crippen LogP contribution in [0, 0.1) is 0 Å². The normalized spacial score (nSPS) is 15.8. The van der Waals surface area contributed by atoms with Crippen molar-refractivity contribution in [2.75, 3.05) is 33.3 Å². The van der Waals surface area contributed by atoms with Gasteiger partial charge in [-0.25, -0.2) is 4.99 Å². The molecule has 0 spiro atoms. The van der Waals surface area contributed by atoms with Gasteiger partial charge in [0.2, 0.25) is 0 Å². The molecule has 1 unspecified atom stereocenters. The van der Waals surface area contributed by atoms with Crippen LogP contribution >= 0.6 is 24.0 Å². The van der Waals surface area contributed by atoms with Crippen molar-refractivity contribution in [3.63, 3.8) is 0 Å². The minimum Gasteiger partial charge on any atom is -0.493 e. The number of nitrogens with zero attached hydrogens (tertiary/aromatic N) is 2. The van der Waals surface area contributed by atoms with Crippen LogP contribution in [-0.4, -0.2) is 50.3 Å². The highest BCUT2D eigenvalue weighted by molar-refractivity contribution is 14.0. The molecule has 23 heavy (non-hydrogen) atoms. The number of benzene rings is 1. The molecule has 1 heterocycles. The quantitative estimate of drug-likeness (QED) is 0.426. The van der Waals surface area contributed by atoms with E-state index in [1.807, 2.05) is 31.2 Å². The number of aliphatic imine (C=N–C) groups is 1. The summed E-state index contributed by atoms with van der Waals surface area (Å²) in [5, 5.41) is 3.36. The summed E-state index contributed by atoms with van der Waals surface area (Å²) in [7, 11) is 1.65. The van der Waals surface area contributed by atoms with Crippen molar-refractivity contribution < 1.29 is 9.47 Å². The van der Waals surface area contributed by atoms with Crippen LogP contribution in [-0.2, 0) is 0 Å². The van der Waals surface area contributed by atoms with E-state index in [1.165, 1.54) is 12.8 Å². The Morgan fingerprint density at radius 3 is 2.52 bits per heavy atom. The molecule has 1 saturated heterocycles. The summed E-state index contributed by atoms with van der Waals surface area (Å²) in [6.45, 7) is 7.82. The molecule has 2 rings (SSSR count). The third-order valence-electron chi connectivity index (χ3n) is 3.64. The Morgan fingerprint density at radius 2 is 1.91 bits per heavy atom. The Kier molecular flexibility index (Phi) is 9.13. The zero-order valence-electron chi connectivity index (χ0n) is 14.2. The number of methoxy groups -OCH3 is 1. The Bertz CT molecular complexity index is 490. The fourth-order valence-corrected chi connectivity index (χ4v) is 2.54. The lowest BCUT2D eigenvalue weighted by molar-refractivity contribution is 0.219. The van der Waals surface area contributed by atoms with E-state index in [-0.39, 0.29) is 30.1 Å². The SMILES string of the molecule is CCNC(=NCC(C)Oc1ccccc1OC)N1CCCC1.I. The van der Waals surface area contributed by atoms with E-state index >= 15 is 0 Å². The summed E-state index contributed by atoms with van der Waals surface area (Å²) in [5.74, 6) is 2.51. The molecule has 0 amide bonds. The number of hydrogen-bond donors (Lipinski definition) is 1. The Hall–Kier alpha value is -1.18. The maximum absolute atomic E-state index is 5.95. The van der Waals surface area contributed by atoms with Crippen LogP contribution in [0.3, 0.4) is 0 Å². The predicted octanol–water partition coefficient (Wildman–Crippen LogP) is 3.14.